The summed E-state index contributed by atoms with van der Waals surface area (Å²) in [7, 11) is 4.07. The van der Waals surface area contributed by atoms with E-state index in [0.29, 0.717) is 11.3 Å². The van der Waals surface area contributed by atoms with E-state index >= 15 is 0 Å². The van der Waals surface area contributed by atoms with Crippen LogP contribution in [0.3, 0.4) is 0 Å². The highest BCUT2D eigenvalue weighted by molar-refractivity contribution is 8.00. The lowest BCUT2D eigenvalue weighted by atomic mass is 9.84. The van der Waals surface area contributed by atoms with Crippen LogP contribution in [0.1, 0.15) is 64.2 Å². The lowest BCUT2D eigenvalue weighted by Crippen LogP contribution is -2.39. The fourth-order valence-corrected chi connectivity index (χ4v) is 6.31. The normalized spacial score (nSPS) is 25.8. The van der Waals surface area contributed by atoms with Crippen molar-refractivity contribution in [2.75, 3.05) is 19.1 Å². The third-order valence-corrected chi connectivity index (χ3v) is 7.34. The van der Waals surface area contributed by atoms with Crippen molar-refractivity contribution in [2.24, 2.45) is 11.8 Å². The van der Waals surface area contributed by atoms with Crippen molar-refractivity contribution < 1.29 is 4.74 Å². The molecule has 0 saturated heterocycles. The Morgan fingerprint density at radius 2 is 1.88 bits per heavy atom. The number of fused-ring (bicyclic) bond motifs is 1. The first-order valence-electron chi connectivity index (χ1n) is 9.40. The molecule has 1 heterocycles. The highest BCUT2D eigenvalue weighted by atomic mass is 32.2. The Bertz CT molecular complexity index is 574. The molecule has 24 heavy (non-hydrogen) atoms. The standard InChI is InChI=1S/C21H33NOS/c1-14(15-9-7-8-10-15)19-20(24-21(2,3)4)17-13-16(23-6)11-12-18(17)22(19)5/h11-15,19-20H,7-10H2,1-6H3. The molecule has 3 heteroatoms. The van der Waals surface area contributed by atoms with Gasteiger partial charge in [-0.25, -0.2) is 0 Å². The molecule has 0 N–H and O–H groups in total. The number of ether oxygens (including phenoxy) is 1. The molecule has 3 unspecified atom stereocenters. The van der Waals surface area contributed by atoms with Crippen LogP contribution in [0.5, 0.6) is 5.75 Å². The maximum atomic E-state index is 5.52. The van der Waals surface area contributed by atoms with Crippen LogP contribution in [-0.4, -0.2) is 24.9 Å². The van der Waals surface area contributed by atoms with E-state index in [4.69, 9.17) is 4.74 Å². The molecule has 1 saturated carbocycles. The van der Waals surface area contributed by atoms with E-state index in [0.717, 1.165) is 17.6 Å². The van der Waals surface area contributed by atoms with Gasteiger partial charge in [-0.15, -0.1) is 11.8 Å². The summed E-state index contributed by atoms with van der Waals surface area (Å²) in [6.45, 7) is 9.52. The van der Waals surface area contributed by atoms with Crippen LogP contribution in [0.25, 0.3) is 0 Å². The molecule has 1 aromatic rings. The van der Waals surface area contributed by atoms with Gasteiger partial charge in [0.1, 0.15) is 5.75 Å². The minimum absolute atomic E-state index is 0.254. The molecular weight excluding hydrogens is 314 g/mol. The fourth-order valence-electron chi connectivity index (χ4n) is 4.66. The summed E-state index contributed by atoms with van der Waals surface area (Å²) in [5.41, 5.74) is 2.86. The summed E-state index contributed by atoms with van der Waals surface area (Å²) < 4.78 is 5.77. The van der Waals surface area contributed by atoms with Gasteiger partial charge in [-0.05, 0) is 35.6 Å². The number of benzene rings is 1. The Hall–Kier alpha value is -0.830. The van der Waals surface area contributed by atoms with Gasteiger partial charge in [-0.1, -0.05) is 53.4 Å². The average Bonchev–Trinajstić information content (AvgIpc) is 3.13. The van der Waals surface area contributed by atoms with Gasteiger partial charge in [0.15, 0.2) is 0 Å². The van der Waals surface area contributed by atoms with Crippen molar-refractivity contribution in [3.63, 3.8) is 0 Å². The number of nitrogens with zero attached hydrogens (tertiary/aromatic N) is 1. The number of rotatable bonds is 4. The predicted octanol–water partition coefficient (Wildman–Crippen LogP) is 5.91. The SMILES string of the molecule is COc1ccc2c(c1)C(SC(C)(C)C)C(C(C)C1CCCC1)N2C. The van der Waals surface area contributed by atoms with Gasteiger partial charge in [0.2, 0.25) is 0 Å². The van der Waals surface area contributed by atoms with Gasteiger partial charge < -0.3 is 9.64 Å². The van der Waals surface area contributed by atoms with Gasteiger partial charge in [0, 0.05) is 23.5 Å². The lowest BCUT2D eigenvalue weighted by Gasteiger charge is -2.37. The number of hydrogen-bond acceptors (Lipinski definition) is 3. The molecule has 3 rings (SSSR count). The Kier molecular flexibility index (Phi) is 5.11. The number of anilines is 1. The van der Waals surface area contributed by atoms with E-state index in [-0.39, 0.29) is 4.75 Å². The predicted molar refractivity (Wildman–Crippen MR) is 106 cm³/mol. The van der Waals surface area contributed by atoms with Gasteiger partial charge in [0.05, 0.1) is 12.4 Å². The second-order valence-electron chi connectivity index (χ2n) is 8.58. The maximum Gasteiger partial charge on any atom is 0.119 e. The summed E-state index contributed by atoms with van der Waals surface area (Å²) in [5.74, 6) is 2.60. The maximum absolute atomic E-state index is 5.52. The summed E-state index contributed by atoms with van der Waals surface area (Å²) in [5, 5.41) is 0.524. The lowest BCUT2D eigenvalue weighted by molar-refractivity contribution is 0.305. The smallest absolute Gasteiger partial charge is 0.119 e. The molecule has 0 radical (unpaired) electrons. The summed E-state index contributed by atoms with van der Waals surface area (Å²) in [4.78, 5) is 2.56. The monoisotopic (exact) mass is 347 g/mol. The first-order valence-corrected chi connectivity index (χ1v) is 10.3. The minimum Gasteiger partial charge on any atom is -0.497 e. The Labute approximate surface area is 152 Å². The van der Waals surface area contributed by atoms with Crippen molar-refractivity contribution in [1.82, 2.24) is 0 Å². The van der Waals surface area contributed by atoms with Crippen molar-refractivity contribution in [3.8, 4) is 5.75 Å². The zero-order valence-electron chi connectivity index (χ0n) is 16.1. The van der Waals surface area contributed by atoms with Crippen molar-refractivity contribution in [2.45, 2.75) is 69.4 Å². The zero-order chi connectivity index (χ0) is 17.5. The third-order valence-electron chi connectivity index (χ3n) is 5.84. The molecule has 1 aliphatic carbocycles. The second kappa shape index (κ2) is 6.82. The molecule has 1 aliphatic heterocycles. The number of hydrogen-bond donors (Lipinski definition) is 0. The van der Waals surface area contributed by atoms with Crippen molar-refractivity contribution >= 4 is 17.4 Å². The highest BCUT2D eigenvalue weighted by Gasteiger charge is 2.44. The van der Waals surface area contributed by atoms with Crippen LogP contribution in [0, 0.1) is 11.8 Å². The van der Waals surface area contributed by atoms with Crippen LogP contribution in [-0.2, 0) is 0 Å². The van der Waals surface area contributed by atoms with E-state index in [9.17, 15) is 0 Å². The highest BCUT2D eigenvalue weighted by Crippen LogP contribution is 2.54. The summed E-state index contributed by atoms with van der Waals surface area (Å²) >= 11 is 2.13. The number of likely N-dealkylation sites (N-methyl/N-ethyl adjacent to an activating group) is 1. The second-order valence-corrected chi connectivity index (χ2v) is 10.5. The topological polar surface area (TPSA) is 12.5 Å². The Balaban J connectivity index is 1.97. The van der Waals surface area contributed by atoms with Gasteiger partial charge in [0.25, 0.3) is 0 Å². The molecular formula is C21H33NOS. The largest absolute Gasteiger partial charge is 0.497 e. The molecule has 0 bridgehead atoms. The van der Waals surface area contributed by atoms with Crippen LogP contribution >= 0.6 is 11.8 Å². The van der Waals surface area contributed by atoms with Crippen molar-refractivity contribution in [1.29, 1.82) is 0 Å². The van der Waals surface area contributed by atoms with E-state index in [1.54, 1.807) is 7.11 Å². The molecule has 1 fully saturated rings. The van der Waals surface area contributed by atoms with E-state index < -0.39 is 0 Å². The van der Waals surface area contributed by atoms with Crippen molar-refractivity contribution in [3.05, 3.63) is 23.8 Å². The van der Waals surface area contributed by atoms with Crippen LogP contribution in [0.4, 0.5) is 5.69 Å². The number of thioether (sulfide) groups is 1. The van der Waals surface area contributed by atoms with Crippen LogP contribution < -0.4 is 9.64 Å². The molecule has 2 aliphatic rings. The third kappa shape index (κ3) is 3.42. The van der Waals surface area contributed by atoms with Gasteiger partial charge in [-0.2, -0.15) is 0 Å². The van der Waals surface area contributed by atoms with Crippen LogP contribution in [0.2, 0.25) is 0 Å². The molecule has 1 aromatic carbocycles. The first-order chi connectivity index (χ1) is 11.3. The minimum atomic E-state index is 0.254. The number of methoxy groups -OCH3 is 1. The molecule has 0 aromatic heterocycles. The van der Waals surface area contributed by atoms with E-state index in [1.165, 1.54) is 36.9 Å². The molecule has 3 atom stereocenters. The Morgan fingerprint density at radius 1 is 1.21 bits per heavy atom. The average molecular weight is 348 g/mol. The van der Waals surface area contributed by atoms with Gasteiger partial charge >= 0.3 is 0 Å². The van der Waals surface area contributed by atoms with E-state index in [2.05, 4.69) is 69.6 Å². The first kappa shape index (κ1) is 18.0. The summed E-state index contributed by atoms with van der Waals surface area (Å²) in [6.07, 6.45) is 5.67. The molecule has 0 amide bonds. The van der Waals surface area contributed by atoms with E-state index in [1.807, 2.05) is 0 Å². The van der Waals surface area contributed by atoms with Gasteiger partial charge in [-0.3, -0.25) is 0 Å². The quantitative estimate of drug-likeness (QED) is 0.671. The zero-order valence-corrected chi connectivity index (χ0v) is 17.0. The molecule has 2 nitrogen and oxygen atoms in total. The summed E-state index contributed by atoms with van der Waals surface area (Å²) in [6, 6.07) is 7.22. The molecule has 134 valence electrons. The fraction of sp³-hybridized carbons (Fsp3) is 0.714. The van der Waals surface area contributed by atoms with Crippen LogP contribution in [0.15, 0.2) is 18.2 Å². The molecule has 0 spiro atoms. The Morgan fingerprint density at radius 3 is 2.46 bits per heavy atom.